The Labute approximate surface area is 159 Å². The van der Waals surface area contributed by atoms with Crippen molar-refractivity contribution in [3.8, 4) is 0 Å². The summed E-state index contributed by atoms with van der Waals surface area (Å²) in [6, 6.07) is 7.39. The highest BCUT2D eigenvalue weighted by Crippen LogP contribution is 2.39. The highest BCUT2D eigenvalue weighted by atomic mass is 32.2. The van der Waals surface area contributed by atoms with Crippen LogP contribution in [0.1, 0.15) is 35.6 Å². The number of rotatable bonds is 4. The molecular formula is C19H18FNO4S2. The van der Waals surface area contributed by atoms with E-state index in [0.717, 1.165) is 17.7 Å². The molecule has 142 valence electrons. The first-order valence-corrected chi connectivity index (χ1v) is 11.1. The van der Waals surface area contributed by atoms with E-state index in [1.165, 1.54) is 29.7 Å². The fourth-order valence-electron chi connectivity index (χ4n) is 3.58. The number of hydrogen-bond donors (Lipinski definition) is 2. The van der Waals surface area contributed by atoms with E-state index in [1.54, 1.807) is 18.2 Å². The summed E-state index contributed by atoms with van der Waals surface area (Å²) in [4.78, 5) is 15.3. The second-order valence-electron chi connectivity index (χ2n) is 6.92. The molecule has 0 aliphatic heterocycles. The van der Waals surface area contributed by atoms with Crippen molar-refractivity contribution in [1.82, 2.24) is 4.98 Å². The van der Waals surface area contributed by atoms with Gasteiger partial charge >= 0.3 is 0 Å². The topological polar surface area (TPSA) is 87.2 Å². The Morgan fingerprint density at radius 1 is 1.22 bits per heavy atom. The molecule has 1 aliphatic carbocycles. The lowest BCUT2D eigenvalue weighted by atomic mass is 10.1. The van der Waals surface area contributed by atoms with Crippen LogP contribution in [0.3, 0.4) is 0 Å². The fraction of sp³-hybridized carbons (Fsp3) is 0.316. The number of H-pyrrole nitrogens is 1. The number of aliphatic hydroxyl groups excluding tert-OH is 1. The van der Waals surface area contributed by atoms with Gasteiger partial charge in [-0.15, -0.1) is 11.3 Å². The Balaban J connectivity index is 1.65. The molecule has 1 aliphatic rings. The van der Waals surface area contributed by atoms with E-state index in [9.17, 15) is 22.7 Å². The molecule has 0 spiro atoms. The van der Waals surface area contributed by atoms with E-state index in [1.807, 2.05) is 0 Å². The monoisotopic (exact) mass is 407 g/mol. The van der Waals surface area contributed by atoms with Crippen LogP contribution >= 0.6 is 11.3 Å². The third-order valence-electron chi connectivity index (χ3n) is 5.00. The Bertz CT molecular complexity index is 1170. The maximum absolute atomic E-state index is 14.4. The smallest absolute Gasteiger partial charge is 0.255 e. The van der Waals surface area contributed by atoms with Gasteiger partial charge in [0.25, 0.3) is 5.56 Å². The zero-order chi connectivity index (χ0) is 19.2. The minimum atomic E-state index is -3.74. The zero-order valence-electron chi connectivity index (χ0n) is 14.3. The summed E-state index contributed by atoms with van der Waals surface area (Å²) < 4.78 is 40.1. The van der Waals surface area contributed by atoms with Crippen LogP contribution in [0.2, 0.25) is 0 Å². The van der Waals surface area contributed by atoms with Crippen molar-refractivity contribution in [3.05, 3.63) is 63.1 Å². The molecule has 0 radical (unpaired) electrons. The first-order valence-electron chi connectivity index (χ1n) is 8.64. The summed E-state index contributed by atoms with van der Waals surface area (Å²) in [6.07, 6.45) is 3.29. The highest BCUT2D eigenvalue weighted by Gasteiger charge is 2.27. The number of aromatic nitrogens is 1. The molecule has 1 aromatic carbocycles. The summed E-state index contributed by atoms with van der Waals surface area (Å²) in [6.45, 7) is 0. The van der Waals surface area contributed by atoms with Gasteiger partial charge < -0.3 is 10.1 Å². The van der Waals surface area contributed by atoms with E-state index in [4.69, 9.17) is 0 Å². The number of nitrogens with one attached hydrogen (secondary N) is 1. The number of pyridine rings is 1. The van der Waals surface area contributed by atoms with Gasteiger partial charge in [0.15, 0.2) is 9.84 Å². The average molecular weight is 407 g/mol. The third kappa shape index (κ3) is 3.56. The molecule has 1 fully saturated rings. The molecule has 0 amide bonds. The summed E-state index contributed by atoms with van der Waals surface area (Å²) in [7, 11) is -3.74. The van der Waals surface area contributed by atoms with Crippen LogP contribution in [0.15, 0.2) is 45.5 Å². The average Bonchev–Trinajstić information content (AvgIpc) is 3.25. The SMILES string of the molecule is O=c1[nH]ccc2cc(F)c(CS(=O)(=O)c3ccc(C4CCC(O)C4)s3)cc12. The third-order valence-corrected chi connectivity index (χ3v) is 8.50. The van der Waals surface area contributed by atoms with E-state index in [0.29, 0.717) is 11.8 Å². The van der Waals surface area contributed by atoms with Gasteiger partial charge in [-0.1, -0.05) is 0 Å². The van der Waals surface area contributed by atoms with Crippen LogP contribution in [0.5, 0.6) is 0 Å². The van der Waals surface area contributed by atoms with Crippen molar-refractivity contribution >= 4 is 31.9 Å². The van der Waals surface area contributed by atoms with Crippen LogP contribution < -0.4 is 5.56 Å². The molecule has 2 unspecified atom stereocenters. The summed E-state index contributed by atoms with van der Waals surface area (Å²) in [5.41, 5.74) is -0.408. The predicted molar refractivity (Wildman–Crippen MR) is 102 cm³/mol. The highest BCUT2D eigenvalue weighted by molar-refractivity contribution is 7.92. The number of halogens is 1. The Kier molecular flexibility index (Phi) is 4.65. The molecule has 0 saturated heterocycles. The Hall–Kier alpha value is -2.03. The van der Waals surface area contributed by atoms with E-state index >= 15 is 0 Å². The first-order chi connectivity index (χ1) is 12.8. The summed E-state index contributed by atoms with van der Waals surface area (Å²) in [5.74, 6) is -0.978. The van der Waals surface area contributed by atoms with Crippen molar-refractivity contribution < 1.29 is 17.9 Å². The van der Waals surface area contributed by atoms with Gasteiger partial charge in [0, 0.05) is 22.0 Å². The van der Waals surface area contributed by atoms with Crippen molar-refractivity contribution in [2.24, 2.45) is 0 Å². The Morgan fingerprint density at radius 3 is 2.78 bits per heavy atom. The van der Waals surface area contributed by atoms with Crippen LogP contribution in [0.4, 0.5) is 4.39 Å². The van der Waals surface area contributed by atoms with Gasteiger partial charge in [-0.25, -0.2) is 12.8 Å². The van der Waals surface area contributed by atoms with Crippen LogP contribution in [0, 0.1) is 5.82 Å². The molecule has 5 nitrogen and oxygen atoms in total. The minimum Gasteiger partial charge on any atom is -0.393 e. The molecule has 1 saturated carbocycles. The minimum absolute atomic E-state index is 0.0227. The van der Waals surface area contributed by atoms with E-state index in [2.05, 4.69) is 4.98 Å². The summed E-state index contributed by atoms with van der Waals surface area (Å²) >= 11 is 1.18. The molecule has 2 atom stereocenters. The molecule has 0 bridgehead atoms. The van der Waals surface area contributed by atoms with Crippen molar-refractivity contribution in [2.75, 3.05) is 0 Å². The largest absolute Gasteiger partial charge is 0.393 e. The number of aromatic amines is 1. The molecule has 8 heteroatoms. The number of benzene rings is 1. The molecule has 4 rings (SSSR count). The van der Waals surface area contributed by atoms with Gasteiger partial charge in [0.1, 0.15) is 10.0 Å². The second kappa shape index (κ2) is 6.85. The molecule has 2 N–H and O–H groups in total. The predicted octanol–water partition coefficient (Wildman–Crippen LogP) is 3.33. The normalized spacial score (nSPS) is 20.4. The molecular weight excluding hydrogens is 389 g/mol. The molecule has 2 heterocycles. The molecule has 3 aromatic rings. The standard InChI is InChI=1S/C19H18FNO4S2/c20-16-9-11-5-6-21-19(23)15(11)8-13(16)10-27(24,25)18-4-3-17(26-18)12-1-2-14(22)7-12/h3-6,8-9,12,14,22H,1-2,7,10H2,(H,21,23). The molecule has 27 heavy (non-hydrogen) atoms. The summed E-state index contributed by atoms with van der Waals surface area (Å²) in [5, 5.41) is 10.4. The lowest BCUT2D eigenvalue weighted by Crippen LogP contribution is -2.09. The second-order valence-corrected chi connectivity index (χ2v) is 10.2. The first kappa shape index (κ1) is 18.3. The Morgan fingerprint density at radius 2 is 2.04 bits per heavy atom. The number of hydrogen-bond acceptors (Lipinski definition) is 5. The number of thiophene rings is 1. The fourth-order valence-corrected chi connectivity index (χ4v) is 6.48. The van der Waals surface area contributed by atoms with Gasteiger partial charge in [-0.3, -0.25) is 4.79 Å². The van der Waals surface area contributed by atoms with Crippen LogP contribution in [-0.2, 0) is 15.6 Å². The lowest BCUT2D eigenvalue weighted by molar-refractivity contribution is 0.181. The van der Waals surface area contributed by atoms with Crippen molar-refractivity contribution in [3.63, 3.8) is 0 Å². The number of sulfone groups is 1. The zero-order valence-corrected chi connectivity index (χ0v) is 15.9. The van der Waals surface area contributed by atoms with Gasteiger partial charge in [0.05, 0.1) is 11.9 Å². The van der Waals surface area contributed by atoms with Gasteiger partial charge in [-0.05, 0) is 60.9 Å². The van der Waals surface area contributed by atoms with Crippen molar-refractivity contribution in [2.45, 2.75) is 41.2 Å². The van der Waals surface area contributed by atoms with Gasteiger partial charge in [0.2, 0.25) is 0 Å². The van der Waals surface area contributed by atoms with Crippen LogP contribution in [-0.4, -0.2) is 24.6 Å². The maximum Gasteiger partial charge on any atom is 0.255 e. The lowest BCUT2D eigenvalue weighted by Gasteiger charge is -2.07. The maximum atomic E-state index is 14.4. The van der Waals surface area contributed by atoms with E-state index in [-0.39, 0.29) is 32.7 Å². The quantitative estimate of drug-likeness (QED) is 0.695. The molecule has 2 aromatic heterocycles. The number of aliphatic hydroxyl groups is 1. The van der Waals surface area contributed by atoms with Crippen LogP contribution in [0.25, 0.3) is 10.8 Å². The van der Waals surface area contributed by atoms with E-state index < -0.39 is 21.4 Å². The number of fused-ring (bicyclic) bond motifs is 1. The van der Waals surface area contributed by atoms with Crippen molar-refractivity contribution in [1.29, 1.82) is 0 Å². The van der Waals surface area contributed by atoms with Gasteiger partial charge in [-0.2, -0.15) is 0 Å².